The van der Waals surface area contributed by atoms with E-state index in [0.29, 0.717) is 5.02 Å². The molecule has 0 aliphatic rings. The van der Waals surface area contributed by atoms with Crippen LogP contribution >= 0.6 is 23.4 Å². The second-order valence-corrected chi connectivity index (χ2v) is 4.68. The van der Waals surface area contributed by atoms with Gasteiger partial charge in [0.1, 0.15) is 5.03 Å². The van der Waals surface area contributed by atoms with E-state index in [9.17, 15) is 5.11 Å². The Bertz CT molecular complexity index is 473. The molecule has 16 heavy (non-hydrogen) atoms. The van der Waals surface area contributed by atoms with Crippen LogP contribution in [0.1, 0.15) is 5.56 Å². The summed E-state index contributed by atoms with van der Waals surface area (Å²) < 4.78 is 0. The van der Waals surface area contributed by atoms with Crippen molar-refractivity contribution < 1.29 is 5.11 Å². The van der Waals surface area contributed by atoms with E-state index in [0.717, 1.165) is 15.5 Å². The maximum Gasteiger partial charge on any atom is 0.101 e. The Morgan fingerprint density at radius 2 is 2.00 bits per heavy atom. The number of nitrogens with zero attached hydrogens (tertiary/aromatic N) is 1. The average Bonchev–Trinajstić information content (AvgIpc) is 2.33. The maximum absolute atomic E-state index is 9.19. The number of pyridine rings is 1. The molecular formula is C12H10ClNOS. The molecule has 82 valence electrons. The number of halogens is 1. The van der Waals surface area contributed by atoms with E-state index in [-0.39, 0.29) is 6.61 Å². The quantitative estimate of drug-likeness (QED) is 0.908. The predicted molar refractivity (Wildman–Crippen MR) is 65.7 cm³/mol. The van der Waals surface area contributed by atoms with Gasteiger partial charge >= 0.3 is 0 Å². The number of hydrogen-bond acceptors (Lipinski definition) is 3. The molecule has 0 fully saturated rings. The molecule has 0 spiro atoms. The molecule has 2 nitrogen and oxygen atoms in total. The van der Waals surface area contributed by atoms with E-state index in [2.05, 4.69) is 4.98 Å². The molecule has 1 aromatic carbocycles. The predicted octanol–water partition coefficient (Wildman–Crippen LogP) is 3.38. The van der Waals surface area contributed by atoms with Gasteiger partial charge in [0.25, 0.3) is 0 Å². The summed E-state index contributed by atoms with van der Waals surface area (Å²) in [6.45, 7) is 0.0385. The summed E-state index contributed by atoms with van der Waals surface area (Å²) >= 11 is 7.28. The van der Waals surface area contributed by atoms with Crippen LogP contribution in [0.3, 0.4) is 0 Å². The third-order valence-electron chi connectivity index (χ3n) is 2.06. The minimum atomic E-state index is 0.0385. The Balaban J connectivity index is 2.23. The van der Waals surface area contributed by atoms with Crippen molar-refractivity contribution in [1.82, 2.24) is 4.98 Å². The van der Waals surface area contributed by atoms with Crippen molar-refractivity contribution in [3.05, 3.63) is 53.2 Å². The highest BCUT2D eigenvalue weighted by atomic mass is 35.5. The van der Waals surface area contributed by atoms with E-state index in [1.54, 1.807) is 12.3 Å². The van der Waals surface area contributed by atoms with Crippen LogP contribution in [-0.4, -0.2) is 10.1 Å². The smallest absolute Gasteiger partial charge is 0.101 e. The van der Waals surface area contributed by atoms with Crippen molar-refractivity contribution in [3.8, 4) is 0 Å². The lowest BCUT2D eigenvalue weighted by Gasteiger charge is -2.05. The Morgan fingerprint density at radius 1 is 1.19 bits per heavy atom. The molecule has 1 aromatic heterocycles. The van der Waals surface area contributed by atoms with Gasteiger partial charge in [0.15, 0.2) is 0 Å². The molecule has 0 atom stereocenters. The number of aliphatic hydroxyl groups excluding tert-OH is 1. The Labute approximate surface area is 103 Å². The number of benzene rings is 1. The van der Waals surface area contributed by atoms with Crippen LogP contribution in [0.25, 0.3) is 0 Å². The largest absolute Gasteiger partial charge is 0.392 e. The van der Waals surface area contributed by atoms with E-state index < -0.39 is 0 Å². The van der Waals surface area contributed by atoms with Gasteiger partial charge in [-0.25, -0.2) is 4.98 Å². The lowest BCUT2D eigenvalue weighted by Crippen LogP contribution is -1.87. The molecule has 2 rings (SSSR count). The fourth-order valence-corrected chi connectivity index (χ4v) is 2.26. The van der Waals surface area contributed by atoms with Crippen LogP contribution < -0.4 is 0 Å². The van der Waals surface area contributed by atoms with Crippen molar-refractivity contribution >= 4 is 23.4 Å². The molecule has 0 aliphatic heterocycles. The topological polar surface area (TPSA) is 33.1 Å². The molecule has 1 N–H and O–H groups in total. The summed E-state index contributed by atoms with van der Waals surface area (Å²) in [5.41, 5.74) is 0.907. The summed E-state index contributed by atoms with van der Waals surface area (Å²) in [5.74, 6) is 0. The van der Waals surface area contributed by atoms with Gasteiger partial charge in [0, 0.05) is 11.1 Å². The summed E-state index contributed by atoms with van der Waals surface area (Å²) in [6, 6.07) is 11.4. The van der Waals surface area contributed by atoms with Gasteiger partial charge in [-0.1, -0.05) is 41.6 Å². The molecule has 0 aliphatic carbocycles. The van der Waals surface area contributed by atoms with Crippen molar-refractivity contribution in [3.63, 3.8) is 0 Å². The molecule has 0 unspecified atom stereocenters. The number of aliphatic hydroxyl groups is 1. The first-order valence-corrected chi connectivity index (χ1v) is 5.97. The van der Waals surface area contributed by atoms with Crippen molar-refractivity contribution in [1.29, 1.82) is 0 Å². The normalized spacial score (nSPS) is 10.4. The highest BCUT2D eigenvalue weighted by Crippen LogP contribution is 2.29. The summed E-state index contributed by atoms with van der Waals surface area (Å²) in [7, 11) is 0. The summed E-state index contributed by atoms with van der Waals surface area (Å²) in [4.78, 5) is 5.21. The van der Waals surface area contributed by atoms with Gasteiger partial charge in [0.05, 0.1) is 11.6 Å². The highest BCUT2D eigenvalue weighted by molar-refractivity contribution is 7.99. The molecule has 0 saturated heterocycles. The van der Waals surface area contributed by atoms with Gasteiger partial charge in [-0.15, -0.1) is 0 Å². The van der Waals surface area contributed by atoms with Crippen molar-refractivity contribution in [2.45, 2.75) is 16.5 Å². The Morgan fingerprint density at radius 3 is 2.69 bits per heavy atom. The van der Waals surface area contributed by atoms with Crippen molar-refractivity contribution in [2.75, 3.05) is 0 Å². The molecule has 0 bridgehead atoms. The third-order valence-corrected chi connectivity index (χ3v) is 3.35. The lowest BCUT2D eigenvalue weighted by molar-refractivity contribution is 0.279. The lowest BCUT2D eigenvalue weighted by atomic mass is 10.2. The van der Waals surface area contributed by atoms with E-state index in [1.807, 2.05) is 30.3 Å². The average molecular weight is 252 g/mol. The van der Waals surface area contributed by atoms with Crippen LogP contribution in [0, 0.1) is 0 Å². The molecule has 4 heteroatoms. The highest BCUT2D eigenvalue weighted by Gasteiger charge is 2.03. The molecule has 2 aromatic rings. The minimum Gasteiger partial charge on any atom is -0.392 e. The van der Waals surface area contributed by atoms with Crippen LogP contribution in [-0.2, 0) is 6.61 Å². The molecule has 1 heterocycles. The second-order valence-electron chi connectivity index (χ2n) is 3.18. The zero-order valence-electron chi connectivity index (χ0n) is 8.43. The fraction of sp³-hybridized carbons (Fsp3) is 0.0833. The third kappa shape index (κ3) is 2.76. The first-order valence-electron chi connectivity index (χ1n) is 4.78. The minimum absolute atomic E-state index is 0.0385. The van der Waals surface area contributed by atoms with Gasteiger partial charge < -0.3 is 5.11 Å². The zero-order valence-corrected chi connectivity index (χ0v) is 10.0. The van der Waals surface area contributed by atoms with Crippen LogP contribution in [0.5, 0.6) is 0 Å². The molecule has 0 radical (unpaired) electrons. The number of aromatic nitrogens is 1. The van der Waals surface area contributed by atoms with Gasteiger partial charge in [0.2, 0.25) is 0 Å². The first-order chi connectivity index (χ1) is 7.79. The number of rotatable bonds is 3. The van der Waals surface area contributed by atoms with Crippen LogP contribution in [0.4, 0.5) is 0 Å². The Hall–Kier alpha value is -1.03. The zero-order chi connectivity index (χ0) is 11.4. The van der Waals surface area contributed by atoms with E-state index in [4.69, 9.17) is 11.6 Å². The standard InChI is InChI=1S/C12H10ClNOS/c13-10-5-6-12(14-7-10)16-11-4-2-1-3-9(11)8-15/h1-7,15H,8H2. The van der Waals surface area contributed by atoms with Gasteiger partial charge in [-0.3, -0.25) is 0 Å². The Kier molecular flexibility index (Phi) is 3.83. The van der Waals surface area contributed by atoms with Gasteiger partial charge in [-0.2, -0.15) is 0 Å². The first kappa shape index (κ1) is 11.5. The van der Waals surface area contributed by atoms with Gasteiger partial charge in [-0.05, 0) is 23.8 Å². The monoisotopic (exact) mass is 251 g/mol. The maximum atomic E-state index is 9.19. The second kappa shape index (κ2) is 5.34. The molecule has 0 amide bonds. The van der Waals surface area contributed by atoms with Crippen molar-refractivity contribution in [2.24, 2.45) is 0 Å². The number of hydrogen-bond donors (Lipinski definition) is 1. The van der Waals surface area contributed by atoms with E-state index >= 15 is 0 Å². The summed E-state index contributed by atoms with van der Waals surface area (Å²) in [6.07, 6.45) is 1.62. The van der Waals surface area contributed by atoms with Crippen LogP contribution in [0.15, 0.2) is 52.5 Å². The SMILES string of the molecule is OCc1ccccc1Sc1ccc(Cl)cn1. The van der Waals surface area contributed by atoms with E-state index in [1.165, 1.54) is 11.8 Å². The fourth-order valence-electron chi connectivity index (χ4n) is 1.27. The molecular weight excluding hydrogens is 242 g/mol. The summed E-state index contributed by atoms with van der Waals surface area (Å²) in [5, 5.41) is 10.7. The molecule has 0 saturated carbocycles. The van der Waals surface area contributed by atoms with Crippen LogP contribution in [0.2, 0.25) is 5.02 Å².